The van der Waals surface area contributed by atoms with E-state index in [0.717, 1.165) is 45.2 Å². The van der Waals surface area contributed by atoms with Crippen LogP contribution in [0.1, 0.15) is 38.5 Å². The Morgan fingerprint density at radius 1 is 1.27 bits per heavy atom. The van der Waals surface area contributed by atoms with Gasteiger partial charge in [0, 0.05) is 30.4 Å². The van der Waals surface area contributed by atoms with E-state index in [-0.39, 0.29) is 24.0 Å². The smallest absolute Gasteiger partial charge is 0.191 e. The molecule has 6 heteroatoms. The second-order valence-corrected chi connectivity index (χ2v) is 6.07. The number of hydrogen-bond acceptors (Lipinski definition) is 3. The quantitative estimate of drug-likeness (QED) is 0.353. The fourth-order valence-corrected chi connectivity index (χ4v) is 2.88. The number of aliphatic imine (C=N–C) groups is 1. The molecule has 0 spiro atoms. The van der Waals surface area contributed by atoms with Gasteiger partial charge in [-0.1, -0.05) is 26.8 Å². The number of halogens is 1. The topological polar surface area (TPSA) is 39.7 Å². The Hall–Kier alpha value is -0.340. The van der Waals surface area contributed by atoms with Crippen molar-refractivity contribution in [3.8, 4) is 0 Å². The van der Waals surface area contributed by atoms with Crippen molar-refractivity contribution >= 4 is 41.3 Å². The minimum atomic E-state index is 0. The predicted molar refractivity (Wildman–Crippen MR) is 110 cm³/mol. The van der Waals surface area contributed by atoms with Gasteiger partial charge in [0.15, 0.2) is 5.96 Å². The molecule has 1 aromatic rings. The molecule has 128 valence electrons. The summed E-state index contributed by atoms with van der Waals surface area (Å²) >= 11 is 1.81. The highest BCUT2D eigenvalue weighted by molar-refractivity contribution is 14.0. The highest BCUT2D eigenvalue weighted by atomic mass is 127. The molecule has 0 bridgehead atoms. The van der Waals surface area contributed by atoms with Gasteiger partial charge in [-0.15, -0.1) is 35.3 Å². The Morgan fingerprint density at radius 2 is 2.00 bits per heavy atom. The van der Waals surface area contributed by atoms with Gasteiger partial charge in [0.1, 0.15) is 0 Å². The largest absolute Gasteiger partial charge is 0.357 e. The first kappa shape index (κ1) is 21.7. The lowest BCUT2D eigenvalue weighted by Gasteiger charge is -2.19. The van der Waals surface area contributed by atoms with Crippen molar-refractivity contribution in [2.45, 2.75) is 33.6 Å². The van der Waals surface area contributed by atoms with Gasteiger partial charge in [-0.25, -0.2) is 0 Å². The van der Waals surface area contributed by atoms with Crippen molar-refractivity contribution in [1.29, 1.82) is 0 Å². The summed E-state index contributed by atoms with van der Waals surface area (Å²) in [4.78, 5) is 8.51. The van der Waals surface area contributed by atoms with Crippen molar-refractivity contribution in [1.82, 2.24) is 15.5 Å². The maximum Gasteiger partial charge on any atom is 0.191 e. The summed E-state index contributed by atoms with van der Waals surface area (Å²) in [7, 11) is 0. The third-order valence-corrected chi connectivity index (χ3v) is 4.62. The molecule has 22 heavy (non-hydrogen) atoms. The van der Waals surface area contributed by atoms with Gasteiger partial charge in [-0.05, 0) is 31.5 Å². The van der Waals surface area contributed by atoms with E-state index in [1.807, 2.05) is 11.3 Å². The predicted octanol–water partition coefficient (Wildman–Crippen LogP) is 3.37. The van der Waals surface area contributed by atoms with Crippen LogP contribution >= 0.6 is 35.3 Å². The van der Waals surface area contributed by atoms with Crippen LogP contribution in [-0.4, -0.2) is 50.1 Å². The first-order valence-electron chi connectivity index (χ1n) is 7.99. The number of guanidine groups is 1. The van der Waals surface area contributed by atoms with Crippen LogP contribution in [0, 0.1) is 0 Å². The SMILES string of the molecule is CCNC(=NCC(C)c1cccs1)NCCN(CC)CC.I. The molecule has 0 aliphatic heterocycles. The normalized spacial score (nSPS) is 12.9. The van der Waals surface area contributed by atoms with Crippen LogP contribution < -0.4 is 10.6 Å². The summed E-state index contributed by atoms with van der Waals surface area (Å²) in [5.41, 5.74) is 0. The molecular weight excluding hydrogens is 407 g/mol. The van der Waals surface area contributed by atoms with E-state index >= 15 is 0 Å². The van der Waals surface area contributed by atoms with E-state index in [9.17, 15) is 0 Å². The zero-order chi connectivity index (χ0) is 15.5. The summed E-state index contributed by atoms with van der Waals surface area (Å²) in [5.74, 6) is 1.40. The fraction of sp³-hybridized carbons (Fsp3) is 0.688. The third kappa shape index (κ3) is 8.33. The Morgan fingerprint density at radius 3 is 2.55 bits per heavy atom. The summed E-state index contributed by atoms with van der Waals surface area (Å²) in [6.07, 6.45) is 0. The Bertz CT molecular complexity index is 391. The molecule has 1 rings (SSSR count). The van der Waals surface area contributed by atoms with Crippen molar-refractivity contribution in [2.75, 3.05) is 39.3 Å². The molecule has 1 heterocycles. The number of likely N-dealkylation sites (N-methyl/N-ethyl adjacent to an activating group) is 1. The summed E-state index contributed by atoms with van der Waals surface area (Å²) in [5, 5.41) is 8.87. The highest BCUT2D eigenvalue weighted by Gasteiger charge is 2.06. The fourth-order valence-electron chi connectivity index (χ4n) is 2.10. The maximum atomic E-state index is 4.70. The summed E-state index contributed by atoms with van der Waals surface area (Å²) < 4.78 is 0. The molecule has 0 aromatic carbocycles. The molecule has 0 amide bonds. The molecule has 0 aliphatic rings. The van der Waals surface area contributed by atoms with E-state index in [2.05, 4.69) is 60.7 Å². The lowest BCUT2D eigenvalue weighted by atomic mass is 10.1. The number of hydrogen-bond donors (Lipinski definition) is 2. The van der Waals surface area contributed by atoms with E-state index in [4.69, 9.17) is 4.99 Å². The van der Waals surface area contributed by atoms with Crippen LogP contribution in [0.4, 0.5) is 0 Å². The van der Waals surface area contributed by atoms with Crippen molar-refractivity contribution < 1.29 is 0 Å². The molecule has 1 unspecified atom stereocenters. The van der Waals surface area contributed by atoms with Gasteiger partial charge in [0.2, 0.25) is 0 Å². The van der Waals surface area contributed by atoms with E-state index in [0.29, 0.717) is 5.92 Å². The van der Waals surface area contributed by atoms with Gasteiger partial charge in [0.05, 0.1) is 6.54 Å². The number of nitrogens with one attached hydrogen (secondary N) is 2. The average molecular weight is 438 g/mol. The molecular formula is C16H31IN4S. The van der Waals surface area contributed by atoms with Crippen LogP contribution in [0.5, 0.6) is 0 Å². The van der Waals surface area contributed by atoms with Crippen LogP contribution in [0.15, 0.2) is 22.5 Å². The van der Waals surface area contributed by atoms with Crippen LogP contribution in [0.3, 0.4) is 0 Å². The van der Waals surface area contributed by atoms with Gasteiger partial charge >= 0.3 is 0 Å². The average Bonchev–Trinajstić information content (AvgIpc) is 3.03. The van der Waals surface area contributed by atoms with Crippen molar-refractivity contribution in [3.05, 3.63) is 22.4 Å². The molecule has 0 fully saturated rings. The Balaban J connectivity index is 0.00000441. The van der Waals surface area contributed by atoms with Crippen molar-refractivity contribution in [2.24, 2.45) is 4.99 Å². The monoisotopic (exact) mass is 438 g/mol. The van der Waals surface area contributed by atoms with Crippen LogP contribution in [0.25, 0.3) is 0 Å². The molecule has 0 saturated carbocycles. The number of thiophene rings is 1. The van der Waals surface area contributed by atoms with Gasteiger partial charge in [-0.2, -0.15) is 0 Å². The third-order valence-electron chi connectivity index (χ3n) is 3.51. The van der Waals surface area contributed by atoms with E-state index in [1.54, 1.807) is 0 Å². The molecule has 0 radical (unpaired) electrons. The first-order valence-corrected chi connectivity index (χ1v) is 8.87. The van der Waals surface area contributed by atoms with Gasteiger partial charge < -0.3 is 15.5 Å². The molecule has 1 aromatic heterocycles. The molecule has 2 N–H and O–H groups in total. The highest BCUT2D eigenvalue weighted by Crippen LogP contribution is 2.20. The number of nitrogens with zero attached hydrogens (tertiary/aromatic N) is 2. The summed E-state index contributed by atoms with van der Waals surface area (Å²) in [6, 6.07) is 4.29. The van der Waals surface area contributed by atoms with Crippen LogP contribution in [-0.2, 0) is 0 Å². The Labute approximate surface area is 156 Å². The van der Waals surface area contributed by atoms with E-state index in [1.165, 1.54) is 4.88 Å². The molecule has 4 nitrogen and oxygen atoms in total. The van der Waals surface area contributed by atoms with E-state index < -0.39 is 0 Å². The first-order chi connectivity index (χ1) is 10.2. The molecule has 0 aliphatic carbocycles. The maximum absolute atomic E-state index is 4.70. The van der Waals surface area contributed by atoms with Gasteiger partial charge in [-0.3, -0.25) is 4.99 Å². The zero-order valence-corrected chi connectivity index (χ0v) is 17.4. The lowest BCUT2D eigenvalue weighted by molar-refractivity contribution is 0.308. The Kier molecular flexibility index (Phi) is 12.9. The van der Waals surface area contributed by atoms with Crippen molar-refractivity contribution in [3.63, 3.8) is 0 Å². The van der Waals surface area contributed by atoms with Gasteiger partial charge in [0.25, 0.3) is 0 Å². The molecule has 1 atom stereocenters. The minimum absolute atomic E-state index is 0. The lowest BCUT2D eigenvalue weighted by Crippen LogP contribution is -2.41. The minimum Gasteiger partial charge on any atom is -0.357 e. The second kappa shape index (κ2) is 13.1. The number of rotatable bonds is 9. The van der Waals surface area contributed by atoms with Crippen LogP contribution in [0.2, 0.25) is 0 Å². The summed E-state index contributed by atoms with van der Waals surface area (Å²) in [6.45, 7) is 14.6. The molecule has 0 saturated heterocycles. The second-order valence-electron chi connectivity index (χ2n) is 5.09. The standard InChI is InChI=1S/C16H30N4S.HI/c1-5-17-16(18-10-11-20(6-2)7-3)19-13-14(4)15-9-8-12-21-15;/h8-9,12,14H,5-7,10-11,13H2,1-4H3,(H2,17,18,19);1H. The zero-order valence-electron chi connectivity index (χ0n) is 14.3.